The molecule has 0 bridgehead atoms. The molecule has 0 saturated carbocycles. The second-order valence-corrected chi connectivity index (χ2v) is 4.04. The van der Waals surface area contributed by atoms with E-state index >= 15 is 0 Å². The van der Waals surface area contributed by atoms with Crippen LogP contribution >= 0.6 is 0 Å². The zero-order valence-electron chi connectivity index (χ0n) is 9.78. The van der Waals surface area contributed by atoms with Gasteiger partial charge in [0.2, 0.25) is 0 Å². The third kappa shape index (κ3) is 3.47. The molecule has 0 spiro atoms. The van der Waals surface area contributed by atoms with Crippen LogP contribution in [0.2, 0.25) is 0 Å². The van der Waals surface area contributed by atoms with E-state index in [0.717, 1.165) is 17.8 Å². The van der Waals surface area contributed by atoms with Crippen LogP contribution in [-0.4, -0.2) is 24.8 Å². The van der Waals surface area contributed by atoms with Crippen molar-refractivity contribution in [3.05, 3.63) is 29.6 Å². The first-order valence-corrected chi connectivity index (χ1v) is 5.42. The Bertz CT molecular complexity index is 342. The fourth-order valence-corrected chi connectivity index (χ4v) is 1.59. The Kier molecular flexibility index (Phi) is 4.71. The number of anilines is 1. The summed E-state index contributed by atoms with van der Waals surface area (Å²) in [6.45, 7) is 2.78. The number of halogens is 1. The van der Waals surface area contributed by atoms with Crippen LogP contribution in [0.1, 0.15) is 18.9 Å². The van der Waals surface area contributed by atoms with Crippen LogP contribution < -0.4 is 10.6 Å². The lowest BCUT2D eigenvalue weighted by Crippen LogP contribution is -2.23. The molecule has 0 fully saturated rings. The average Bonchev–Trinajstić information content (AvgIpc) is 2.25. The van der Waals surface area contributed by atoms with Gasteiger partial charge in [0.05, 0.1) is 6.10 Å². The fraction of sp³-hybridized carbons (Fsp3) is 0.500. The normalized spacial score (nSPS) is 12.6. The van der Waals surface area contributed by atoms with Crippen LogP contribution in [0.5, 0.6) is 0 Å². The number of rotatable bonds is 5. The molecule has 1 aromatic rings. The molecule has 0 saturated heterocycles. The van der Waals surface area contributed by atoms with E-state index in [0.29, 0.717) is 13.0 Å². The molecule has 3 nitrogen and oxygen atoms in total. The van der Waals surface area contributed by atoms with Crippen molar-refractivity contribution in [1.29, 1.82) is 0 Å². The van der Waals surface area contributed by atoms with Gasteiger partial charge >= 0.3 is 0 Å². The van der Waals surface area contributed by atoms with Crippen molar-refractivity contribution in [2.75, 3.05) is 18.5 Å². The molecule has 1 aromatic carbocycles. The van der Waals surface area contributed by atoms with E-state index in [2.05, 4.69) is 0 Å². The number of nitrogens with two attached hydrogens (primary N) is 1. The van der Waals surface area contributed by atoms with Gasteiger partial charge in [-0.05, 0) is 37.1 Å². The van der Waals surface area contributed by atoms with Gasteiger partial charge in [-0.25, -0.2) is 4.39 Å². The minimum absolute atomic E-state index is 0.270. The maximum Gasteiger partial charge on any atom is 0.123 e. The number of aliphatic hydroxyl groups excluding tert-OH is 1. The molecule has 4 heteroatoms. The number of benzene rings is 1. The molecule has 0 aromatic heterocycles. The molecular formula is C12H19FN2O. The summed E-state index contributed by atoms with van der Waals surface area (Å²) >= 11 is 0. The quantitative estimate of drug-likeness (QED) is 0.799. The van der Waals surface area contributed by atoms with Crippen molar-refractivity contribution < 1.29 is 9.50 Å². The smallest absolute Gasteiger partial charge is 0.123 e. The first-order valence-electron chi connectivity index (χ1n) is 5.42. The Morgan fingerprint density at radius 3 is 2.75 bits per heavy atom. The number of nitrogens with zero attached hydrogens (tertiary/aromatic N) is 1. The second kappa shape index (κ2) is 5.82. The van der Waals surface area contributed by atoms with Gasteiger partial charge in [0, 0.05) is 25.8 Å². The molecule has 90 valence electrons. The van der Waals surface area contributed by atoms with Crippen molar-refractivity contribution in [3.63, 3.8) is 0 Å². The van der Waals surface area contributed by atoms with E-state index in [-0.39, 0.29) is 11.9 Å². The van der Waals surface area contributed by atoms with Crippen LogP contribution in [-0.2, 0) is 6.54 Å². The van der Waals surface area contributed by atoms with Gasteiger partial charge in [-0.2, -0.15) is 0 Å². The van der Waals surface area contributed by atoms with Crippen LogP contribution in [0.25, 0.3) is 0 Å². The summed E-state index contributed by atoms with van der Waals surface area (Å²) < 4.78 is 13.0. The van der Waals surface area contributed by atoms with Gasteiger partial charge in [-0.15, -0.1) is 0 Å². The highest BCUT2D eigenvalue weighted by atomic mass is 19.1. The van der Waals surface area contributed by atoms with Gasteiger partial charge in [-0.3, -0.25) is 0 Å². The third-order valence-electron chi connectivity index (χ3n) is 2.55. The molecule has 1 atom stereocenters. The summed E-state index contributed by atoms with van der Waals surface area (Å²) in [5.74, 6) is -0.270. The maximum absolute atomic E-state index is 13.0. The highest BCUT2D eigenvalue weighted by molar-refractivity contribution is 5.53. The van der Waals surface area contributed by atoms with E-state index in [1.165, 1.54) is 12.1 Å². The van der Waals surface area contributed by atoms with Crippen molar-refractivity contribution in [2.45, 2.75) is 26.0 Å². The molecule has 1 unspecified atom stereocenters. The zero-order valence-corrected chi connectivity index (χ0v) is 9.78. The Morgan fingerprint density at radius 1 is 1.50 bits per heavy atom. The van der Waals surface area contributed by atoms with Crippen molar-refractivity contribution >= 4 is 5.69 Å². The van der Waals surface area contributed by atoms with Crippen LogP contribution in [0, 0.1) is 5.82 Å². The maximum atomic E-state index is 13.0. The average molecular weight is 226 g/mol. The Balaban J connectivity index is 2.77. The van der Waals surface area contributed by atoms with Crippen molar-refractivity contribution in [1.82, 2.24) is 0 Å². The summed E-state index contributed by atoms with van der Waals surface area (Å²) in [4.78, 5) is 1.98. The van der Waals surface area contributed by atoms with Crippen LogP contribution in [0.15, 0.2) is 18.2 Å². The minimum atomic E-state index is -0.329. The SMILES string of the molecule is CC(O)CCN(C)c1ccc(F)cc1CN. The lowest BCUT2D eigenvalue weighted by Gasteiger charge is -2.22. The number of hydrogen-bond donors (Lipinski definition) is 2. The summed E-state index contributed by atoms with van der Waals surface area (Å²) in [6, 6.07) is 4.60. The van der Waals surface area contributed by atoms with Gasteiger partial charge in [0.1, 0.15) is 5.82 Å². The molecule has 16 heavy (non-hydrogen) atoms. The molecule has 0 aliphatic heterocycles. The van der Waals surface area contributed by atoms with E-state index in [9.17, 15) is 9.50 Å². The highest BCUT2D eigenvalue weighted by Gasteiger charge is 2.08. The number of aliphatic hydroxyl groups is 1. The summed E-state index contributed by atoms with van der Waals surface area (Å²) in [5, 5.41) is 9.21. The fourth-order valence-electron chi connectivity index (χ4n) is 1.59. The molecule has 0 radical (unpaired) electrons. The highest BCUT2D eigenvalue weighted by Crippen LogP contribution is 2.20. The van der Waals surface area contributed by atoms with Gasteiger partial charge < -0.3 is 15.7 Å². The topological polar surface area (TPSA) is 49.5 Å². The largest absolute Gasteiger partial charge is 0.393 e. The van der Waals surface area contributed by atoms with E-state index < -0.39 is 0 Å². The standard InChI is InChI=1S/C12H19FN2O/c1-9(16)5-6-15(2)12-4-3-11(13)7-10(12)8-14/h3-4,7,9,16H,5-6,8,14H2,1-2H3. The molecule has 0 amide bonds. The predicted octanol–water partition coefficient (Wildman–Crippen LogP) is 1.49. The lowest BCUT2D eigenvalue weighted by atomic mass is 10.1. The van der Waals surface area contributed by atoms with Gasteiger partial charge in [0.15, 0.2) is 0 Å². The molecule has 0 aliphatic carbocycles. The summed E-state index contributed by atoms with van der Waals surface area (Å²) in [7, 11) is 1.91. The molecule has 0 aliphatic rings. The zero-order chi connectivity index (χ0) is 12.1. The summed E-state index contributed by atoms with van der Waals surface area (Å²) in [6.07, 6.45) is 0.349. The first-order chi connectivity index (χ1) is 7.54. The molecule has 3 N–H and O–H groups in total. The first kappa shape index (κ1) is 12.9. The lowest BCUT2D eigenvalue weighted by molar-refractivity contribution is 0.187. The molecule has 0 heterocycles. The molecular weight excluding hydrogens is 207 g/mol. The van der Waals surface area contributed by atoms with Crippen LogP contribution in [0.3, 0.4) is 0 Å². The van der Waals surface area contributed by atoms with Crippen molar-refractivity contribution in [2.24, 2.45) is 5.73 Å². The van der Waals surface area contributed by atoms with E-state index in [1.807, 2.05) is 11.9 Å². The van der Waals surface area contributed by atoms with Crippen molar-refractivity contribution in [3.8, 4) is 0 Å². The van der Waals surface area contributed by atoms with Gasteiger partial charge in [-0.1, -0.05) is 0 Å². The number of hydrogen-bond acceptors (Lipinski definition) is 3. The molecule has 1 rings (SSSR count). The predicted molar refractivity (Wildman–Crippen MR) is 63.9 cm³/mol. The Labute approximate surface area is 95.7 Å². The van der Waals surface area contributed by atoms with E-state index in [1.54, 1.807) is 13.0 Å². The monoisotopic (exact) mass is 226 g/mol. The Hall–Kier alpha value is -1.13. The van der Waals surface area contributed by atoms with E-state index in [4.69, 9.17) is 5.73 Å². The third-order valence-corrected chi connectivity index (χ3v) is 2.55. The second-order valence-electron chi connectivity index (χ2n) is 4.04. The van der Waals surface area contributed by atoms with Crippen LogP contribution in [0.4, 0.5) is 10.1 Å². The van der Waals surface area contributed by atoms with Gasteiger partial charge in [0.25, 0.3) is 0 Å². The Morgan fingerprint density at radius 2 is 2.19 bits per heavy atom. The minimum Gasteiger partial charge on any atom is -0.393 e. The summed E-state index contributed by atoms with van der Waals surface area (Å²) in [5.41, 5.74) is 7.28.